The van der Waals surface area contributed by atoms with E-state index in [4.69, 9.17) is 14.4 Å². The number of halogens is 2. The van der Waals surface area contributed by atoms with E-state index < -0.39 is 38.6 Å². The Hall–Kier alpha value is -6.60. The maximum absolute atomic E-state index is 16.8. The summed E-state index contributed by atoms with van der Waals surface area (Å²) < 4.78 is 67.6. The van der Waals surface area contributed by atoms with Crippen molar-refractivity contribution in [2.45, 2.75) is 113 Å². The summed E-state index contributed by atoms with van der Waals surface area (Å²) in [7, 11) is 0.102. The van der Waals surface area contributed by atoms with Crippen LogP contribution in [0.2, 0.25) is 0 Å². The van der Waals surface area contributed by atoms with Gasteiger partial charge in [-0.1, -0.05) is 18.1 Å². The van der Waals surface area contributed by atoms with Crippen LogP contribution in [0, 0.1) is 31.4 Å². The van der Waals surface area contributed by atoms with E-state index in [0.29, 0.717) is 64.9 Å². The summed E-state index contributed by atoms with van der Waals surface area (Å²) in [5, 5.41) is 12.8. The highest BCUT2D eigenvalue weighted by Gasteiger charge is 2.59. The van der Waals surface area contributed by atoms with Gasteiger partial charge in [0.05, 0.1) is 49.0 Å². The third-order valence-corrected chi connectivity index (χ3v) is 18.2. The summed E-state index contributed by atoms with van der Waals surface area (Å²) in [6.07, 6.45) is 7.05. The minimum atomic E-state index is -2.92. The van der Waals surface area contributed by atoms with Crippen molar-refractivity contribution in [3.8, 4) is 17.2 Å². The maximum atomic E-state index is 16.8. The number of anilines is 1. The Morgan fingerprint density at radius 1 is 0.971 bits per heavy atom. The molecule has 3 fully saturated rings. The molecular formula is C51H56F2N10O6S. The van der Waals surface area contributed by atoms with Gasteiger partial charge in [0, 0.05) is 67.8 Å². The van der Waals surface area contributed by atoms with Gasteiger partial charge in [0.15, 0.2) is 11.6 Å². The van der Waals surface area contributed by atoms with Crippen LogP contribution in [0.3, 0.4) is 0 Å². The number of carbonyl (C=O) groups is 1. The lowest BCUT2D eigenvalue weighted by molar-refractivity contribution is -0.0592. The lowest BCUT2D eigenvalue weighted by Crippen LogP contribution is -2.41. The van der Waals surface area contributed by atoms with E-state index in [1.165, 1.54) is 34.6 Å². The van der Waals surface area contributed by atoms with Crippen LogP contribution >= 0.6 is 0 Å². The van der Waals surface area contributed by atoms with Gasteiger partial charge in [0.25, 0.3) is 5.91 Å². The van der Waals surface area contributed by atoms with Gasteiger partial charge in [0.1, 0.15) is 22.9 Å². The van der Waals surface area contributed by atoms with Crippen molar-refractivity contribution in [1.82, 2.24) is 38.5 Å². The highest BCUT2D eigenvalue weighted by Crippen LogP contribution is 2.56. The fourth-order valence-corrected chi connectivity index (χ4v) is 13.8. The number of fused-ring (bicyclic) bond motifs is 2. The zero-order valence-corrected chi connectivity index (χ0v) is 41.2. The first kappa shape index (κ1) is 45.8. The zero-order valence-electron chi connectivity index (χ0n) is 40.4. The molecule has 1 unspecified atom stereocenters. The van der Waals surface area contributed by atoms with Crippen LogP contribution in [0.1, 0.15) is 116 Å². The summed E-state index contributed by atoms with van der Waals surface area (Å²) in [6.45, 7) is 12.4. The number of H-pyrrole nitrogens is 1. The van der Waals surface area contributed by atoms with Gasteiger partial charge < -0.3 is 19.5 Å². The quantitative estimate of drug-likeness (QED) is 0.137. The summed E-state index contributed by atoms with van der Waals surface area (Å²) in [6, 6.07) is 13.9. The van der Waals surface area contributed by atoms with Crippen molar-refractivity contribution >= 4 is 32.2 Å². The number of benzene rings is 3. The molecule has 5 atom stereocenters. The number of amides is 1. The van der Waals surface area contributed by atoms with Crippen molar-refractivity contribution in [1.29, 1.82) is 0 Å². The fourth-order valence-electron chi connectivity index (χ4n) is 11.4. The Balaban J connectivity index is 1.05. The highest BCUT2D eigenvalue weighted by atomic mass is 32.2. The molecule has 0 spiro atoms. The number of aromatic nitrogens is 7. The van der Waals surface area contributed by atoms with Crippen molar-refractivity contribution in [2.24, 2.45) is 10.3 Å². The number of ether oxygens (including phenoxy) is 1. The van der Waals surface area contributed by atoms with E-state index in [1.54, 1.807) is 48.7 Å². The predicted molar refractivity (Wildman–Crippen MR) is 260 cm³/mol. The minimum Gasteiger partial charge on any atom is -0.385 e. The van der Waals surface area contributed by atoms with E-state index in [-0.39, 0.29) is 57.2 Å². The summed E-state index contributed by atoms with van der Waals surface area (Å²) in [5.74, 6) is -1.23. The molecular weight excluding hydrogens is 919 g/mol. The monoisotopic (exact) mass is 974 g/mol. The number of rotatable bonds is 10. The minimum absolute atomic E-state index is 0.000520. The molecule has 0 radical (unpaired) electrons. The number of aromatic amines is 1. The molecule has 16 nitrogen and oxygen atoms in total. The number of aryl methyl sites for hydroxylation is 2. The fraction of sp³-hybridized carbons (Fsp3) is 0.431. The van der Waals surface area contributed by atoms with E-state index >= 15 is 13.6 Å². The third-order valence-electron chi connectivity index (χ3n) is 15.3. The number of imidazole rings is 1. The molecule has 0 bridgehead atoms. The molecule has 2 saturated carbocycles. The molecule has 3 aromatic carbocycles. The first-order valence-corrected chi connectivity index (χ1v) is 25.5. The number of hydrogen-bond donors (Lipinski definition) is 2. The normalized spacial score (nSPS) is 22.8. The molecule has 4 aromatic heterocycles. The molecule has 70 heavy (non-hydrogen) atoms. The number of hydrogen-bond acceptors (Lipinski definition) is 10. The second kappa shape index (κ2) is 16.2. The molecule has 7 aromatic rings. The Morgan fingerprint density at radius 2 is 1.70 bits per heavy atom. The van der Waals surface area contributed by atoms with Gasteiger partial charge in [-0.3, -0.25) is 23.4 Å². The van der Waals surface area contributed by atoms with Crippen molar-refractivity contribution in [2.75, 3.05) is 32.6 Å². The second-order valence-corrected chi connectivity index (χ2v) is 22.8. The number of nitrogens with one attached hydrogen (secondary N) is 2. The average molecular weight is 975 g/mol. The molecule has 11 rings (SSSR count). The van der Waals surface area contributed by atoms with E-state index in [1.807, 2.05) is 17.6 Å². The Kier molecular flexibility index (Phi) is 10.6. The van der Waals surface area contributed by atoms with Crippen LogP contribution in [0.4, 0.5) is 14.5 Å². The smallest absolute Gasteiger partial charge is 0.385 e. The molecule has 1 amide bonds. The lowest BCUT2D eigenvalue weighted by atomic mass is 9.83. The Morgan fingerprint density at radius 3 is 2.34 bits per heavy atom. The van der Waals surface area contributed by atoms with Crippen LogP contribution in [0.15, 0.2) is 84.3 Å². The van der Waals surface area contributed by atoms with Gasteiger partial charge in [-0.15, -0.1) is 0 Å². The maximum Gasteiger partial charge on any atom is 0.438 e. The third kappa shape index (κ3) is 6.96. The largest absolute Gasteiger partial charge is 0.438 e. The van der Waals surface area contributed by atoms with Crippen LogP contribution in [-0.2, 0) is 26.4 Å². The number of nitrogens with zero attached hydrogens (tertiary/aromatic N) is 8. The van der Waals surface area contributed by atoms with Gasteiger partial charge in [-0.2, -0.15) is 5.10 Å². The van der Waals surface area contributed by atoms with Gasteiger partial charge >= 0.3 is 11.4 Å². The molecule has 2 aliphatic heterocycles. The molecule has 366 valence electrons. The summed E-state index contributed by atoms with van der Waals surface area (Å²) in [4.78, 5) is 47.8. The molecule has 1 saturated heterocycles. The van der Waals surface area contributed by atoms with Crippen LogP contribution < -0.4 is 16.8 Å². The summed E-state index contributed by atoms with van der Waals surface area (Å²) >= 11 is 0. The van der Waals surface area contributed by atoms with E-state index in [0.717, 1.165) is 42.1 Å². The van der Waals surface area contributed by atoms with Crippen LogP contribution in [-0.4, -0.2) is 86.7 Å². The molecule has 2 N–H and O–H groups in total. The Labute approximate surface area is 402 Å². The van der Waals surface area contributed by atoms with Gasteiger partial charge in [0.2, 0.25) is 0 Å². The SMILES string of the molecule is CN=S(=O)(c1ccc(-n2ccn(-c3c4c(nn3-c3cc(C)c(F)c(C)c3)CCN(C(=O)c3cc5cc([C@H]6CCOC(C)(C)C6)ccc5n3[C@@]3(c5noc(=O)[nH]5)C[C@@H]3C)[C@H]4C)c2=O)c(F)c1NC)C1CC1. The van der Waals surface area contributed by atoms with Crippen molar-refractivity contribution in [3.63, 3.8) is 0 Å². The molecule has 4 aliphatic rings. The summed E-state index contributed by atoms with van der Waals surface area (Å²) in [5.41, 5.74) is 2.95. The average Bonchev–Trinajstić information content (AvgIpc) is 4.07. The van der Waals surface area contributed by atoms with Gasteiger partial charge in [-0.25, -0.2) is 31.6 Å². The first-order valence-electron chi connectivity index (χ1n) is 23.9. The van der Waals surface area contributed by atoms with Crippen LogP contribution in [0.25, 0.3) is 28.1 Å². The Bertz CT molecular complexity index is 3540. The number of carbonyl (C=O) groups excluding carboxylic acids is 1. The van der Waals surface area contributed by atoms with Crippen molar-refractivity contribution in [3.05, 3.63) is 133 Å². The first-order chi connectivity index (χ1) is 33.4. The van der Waals surface area contributed by atoms with Crippen molar-refractivity contribution < 1.29 is 27.0 Å². The topological polar surface area (TPSA) is 180 Å². The molecule has 6 heterocycles. The standard InChI is InChI=1S/C51H56F2N10O6S/c1-27-21-34(22-28(2)42(27)52)63-45(61-19-18-60(49(61)66)38-13-14-40(44(54-7)43(38)53)70(67,55-8)35-10-11-35)41-30(4)59(17-15-36(41)57-63)46(64)39-24-33-23-31(32-16-20-68-50(5,6)26-32)9-12-37(33)62(39)51(25-29(51)3)47-56-48(65)69-58-47/h9,12-14,18-19,21-24,29-30,32,35,54H,10-11,15-17,20,25-26H2,1-8H3,(H,56,58,65)/t29-,30-,32-,51-,70?/m0/s1. The van der Waals surface area contributed by atoms with Gasteiger partial charge in [-0.05, 0) is 138 Å². The molecule has 19 heteroatoms. The second-order valence-electron chi connectivity index (χ2n) is 20.2. The molecule has 2 aliphatic carbocycles. The van der Waals surface area contributed by atoms with Crippen LogP contribution in [0.5, 0.6) is 0 Å². The zero-order chi connectivity index (χ0) is 49.3. The predicted octanol–water partition coefficient (Wildman–Crippen LogP) is 8.22. The highest BCUT2D eigenvalue weighted by molar-refractivity contribution is 7.94. The van der Waals surface area contributed by atoms with E-state index in [2.05, 4.69) is 58.8 Å². The lowest BCUT2D eigenvalue weighted by Gasteiger charge is -2.35. The van der Waals surface area contributed by atoms with E-state index in [9.17, 15) is 13.8 Å².